The van der Waals surface area contributed by atoms with Gasteiger partial charge in [-0.2, -0.15) is 17.5 Å². The number of alkyl halides is 3. The molecule has 2 aromatic carbocycles. The summed E-state index contributed by atoms with van der Waals surface area (Å²) in [6, 6.07) is 10.2. The van der Waals surface area contributed by atoms with E-state index in [9.17, 15) is 23.1 Å². The summed E-state index contributed by atoms with van der Waals surface area (Å²) in [6.45, 7) is 4.81. The fourth-order valence-electron chi connectivity index (χ4n) is 2.53. The summed E-state index contributed by atoms with van der Waals surface area (Å²) in [6.07, 6.45) is -4.38. The molecular formula is C21H19F3N2O3S2. The Morgan fingerprint density at radius 1 is 1.16 bits per heavy atom. The van der Waals surface area contributed by atoms with E-state index < -0.39 is 23.3 Å². The van der Waals surface area contributed by atoms with Gasteiger partial charge in [0.15, 0.2) is 11.4 Å². The first kappa shape index (κ1) is 23.1. The monoisotopic (exact) mass is 468 g/mol. The predicted octanol–water partition coefficient (Wildman–Crippen LogP) is 6.07. The van der Waals surface area contributed by atoms with E-state index in [2.05, 4.69) is 9.36 Å². The summed E-state index contributed by atoms with van der Waals surface area (Å²) in [5, 5.41) is 9.94. The van der Waals surface area contributed by atoms with Gasteiger partial charge >= 0.3 is 12.1 Å². The molecule has 10 heteroatoms. The highest BCUT2D eigenvalue weighted by Gasteiger charge is 2.30. The van der Waals surface area contributed by atoms with Gasteiger partial charge in [-0.3, -0.25) is 0 Å². The van der Waals surface area contributed by atoms with Gasteiger partial charge in [-0.15, -0.1) is 11.8 Å². The molecule has 0 unspecified atom stereocenters. The van der Waals surface area contributed by atoms with Crippen molar-refractivity contribution in [1.82, 2.24) is 9.36 Å². The maximum Gasteiger partial charge on any atom is 0.416 e. The van der Waals surface area contributed by atoms with E-state index in [4.69, 9.17) is 4.74 Å². The topological polar surface area (TPSA) is 72.3 Å². The second-order valence-corrected chi connectivity index (χ2v) is 9.11. The number of nitrogens with zero attached hydrogens (tertiary/aromatic N) is 2. The van der Waals surface area contributed by atoms with Crippen LogP contribution in [0.4, 0.5) is 13.2 Å². The molecule has 1 aromatic heterocycles. The molecule has 5 nitrogen and oxygen atoms in total. The highest BCUT2D eigenvalue weighted by molar-refractivity contribution is 7.98. The van der Waals surface area contributed by atoms with Gasteiger partial charge < -0.3 is 9.84 Å². The summed E-state index contributed by atoms with van der Waals surface area (Å²) in [4.78, 5) is 16.6. The number of carbonyl (C=O) groups is 1. The quantitative estimate of drug-likeness (QED) is 0.425. The Kier molecular flexibility index (Phi) is 6.61. The van der Waals surface area contributed by atoms with E-state index in [0.29, 0.717) is 22.9 Å². The standard InChI is InChI=1S/C21H19F3N2O3S2/c1-12-10-15(8-9-16(12)29-20(2,3)19(27)28)30-11-17-25-18(26-31-17)13-4-6-14(7-5-13)21(22,23)24/h4-10H,11H2,1-3H3,(H,27,28). The minimum atomic E-state index is -4.38. The van der Waals surface area contributed by atoms with Gasteiger partial charge in [-0.1, -0.05) is 12.1 Å². The van der Waals surface area contributed by atoms with E-state index >= 15 is 0 Å². The SMILES string of the molecule is Cc1cc(SCc2nc(-c3ccc(C(F)(F)F)cc3)ns2)ccc1OC(C)(C)C(=O)O. The first-order chi connectivity index (χ1) is 14.5. The van der Waals surface area contributed by atoms with Crippen molar-refractivity contribution in [3.63, 3.8) is 0 Å². The number of carboxylic acids is 1. The number of rotatable bonds is 7. The smallest absolute Gasteiger partial charge is 0.416 e. The third kappa shape index (κ3) is 5.76. The zero-order valence-electron chi connectivity index (χ0n) is 16.9. The van der Waals surface area contributed by atoms with Gasteiger partial charge in [0.1, 0.15) is 10.8 Å². The number of aryl methyl sites for hydroxylation is 1. The average molecular weight is 469 g/mol. The summed E-state index contributed by atoms with van der Waals surface area (Å²) < 4.78 is 47.9. The van der Waals surface area contributed by atoms with Gasteiger partial charge in [0.25, 0.3) is 0 Å². The van der Waals surface area contributed by atoms with Gasteiger partial charge in [-0.25, -0.2) is 9.78 Å². The second-order valence-electron chi connectivity index (χ2n) is 7.22. The van der Waals surface area contributed by atoms with E-state index in [1.54, 1.807) is 6.07 Å². The molecular weight excluding hydrogens is 449 g/mol. The fraction of sp³-hybridized carbons (Fsp3) is 0.286. The molecule has 0 spiro atoms. The van der Waals surface area contributed by atoms with Crippen LogP contribution in [0.3, 0.4) is 0 Å². The molecule has 0 radical (unpaired) electrons. The zero-order chi connectivity index (χ0) is 22.8. The van der Waals surface area contributed by atoms with E-state index in [1.807, 2.05) is 19.1 Å². The fourth-order valence-corrected chi connectivity index (χ4v) is 4.16. The Bertz CT molecular complexity index is 1080. The van der Waals surface area contributed by atoms with Crippen LogP contribution in [0.2, 0.25) is 0 Å². The lowest BCUT2D eigenvalue weighted by Gasteiger charge is -2.22. The molecule has 1 heterocycles. The van der Waals surface area contributed by atoms with Crippen LogP contribution in [-0.4, -0.2) is 26.0 Å². The van der Waals surface area contributed by atoms with Crippen LogP contribution in [-0.2, 0) is 16.7 Å². The van der Waals surface area contributed by atoms with Crippen molar-refractivity contribution in [1.29, 1.82) is 0 Å². The van der Waals surface area contributed by atoms with Crippen molar-refractivity contribution in [3.05, 3.63) is 58.6 Å². The third-order valence-electron chi connectivity index (χ3n) is 4.33. The lowest BCUT2D eigenvalue weighted by Crippen LogP contribution is -2.38. The van der Waals surface area contributed by atoms with Gasteiger partial charge in [0, 0.05) is 10.5 Å². The summed E-state index contributed by atoms with van der Waals surface area (Å²) in [5.74, 6) is 0.381. The molecule has 0 aliphatic heterocycles. The number of benzene rings is 2. The maximum absolute atomic E-state index is 12.7. The molecule has 0 amide bonds. The van der Waals surface area contributed by atoms with Crippen LogP contribution in [0.1, 0.15) is 30.0 Å². The van der Waals surface area contributed by atoms with Crippen molar-refractivity contribution in [2.45, 2.75) is 43.2 Å². The lowest BCUT2D eigenvalue weighted by atomic mass is 10.1. The third-order valence-corrected chi connectivity index (χ3v) is 6.23. The Morgan fingerprint density at radius 3 is 2.42 bits per heavy atom. The Hall–Kier alpha value is -2.59. The first-order valence-corrected chi connectivity index (χ1v) is 10.9. The number of carboxylic acid groups (broad SMARTS) is 1. The van der Waals surface area contributed by atoms with Crippen LogP contribution in [0.15, 0.2) is 47.4 Å². The summed E-state index contributed by atoms with van der Waals surface area (Å²) in [7, 11) is 0. The molecule has 0 fully saturated rings. The Balaban J connectivity index is 1.64. The molecule has 164 valence electrons. The largest absolute Gasteiger partial charge is 0.478 e. The molecule has 0 atom stereocenters. The molecule has 3 rings (SSSR count). The van der Waals surface area contributed by atoms with Crippen molar-refractivity contribution in [2.24, 2.45) is 0 Å². The van der Waals surface area contributed by atoms with E-state index in [0.717, 1.165) is 27.6 Å². The van der Waals surface area contributed by atoms with Gasteiger partial charge in [0.2, 0.25) is 0 Å². The normalized spacial score (nSPS) is 12.1. The predicted molar refractivity (Wildman–Crippen MR) is 113 cm³/mol. The molecule has 0 aliphatic rings. The summed E-state index contributed by atoms with van der Waals surface area (Å²) >= 11 is 2.72. The van der Waals surface area contributed by atoms with Gasteiger partial charge in [-0.05, 0) is 68.2 Å². The number of ether oxygens (including phenoxy) is 1. The molecule has 0 bridgehead atoms. The number of hydrogen-bond acceptors (Lipinski definition) is 6. The van der Waals surface area contributed by atoms with Crippen molar-refractivity contribution >= 4 is 29.3 Å². The number of halogens is 3. The van der Waals surface area contributed by atoms with E-state index in [1.165, 1.54) is 49.3 Å². The van der Waals surface area contributed by atoms with E-state index in [-0.39, 0.29) is 0 Å². The van der Waals surface area contributed by atoms with Crippen LogP contribution >= 0.6 is 23.3 Å². The number of aromatic nitrogens is 2. The van der Waals surface area contributed by atoms with Crippen LogP contribution < -0.4 is 4.74 Å². The van der Waals surface area contributed by atoms with Crippen LogP contribution in [0.5, 0.6) is 5.75 Å². The van der Waals surface area contributed by atoms with Crippen LogP contribution in [0, 0.1) is 6.92 Å². The Labute approximate surface area is 185 Å². The number of hydrogen-bond donors (Lipinski definition) is 1. The highest BCUT2D eigenvalue weighted by Crippen LogP contribution is 2.32. The molecule has 0 saturated carbocycles. The zero-order valence-corrected chi connectivity index (χ0v) is 18.5. The minimum Gasteiger partial charge on any atom is -0.478 e. The molecule has 3 aromatic rings. The molecule has 31 heavy (non-hydrogen) atoms. The number of aliphatic carboxylic acids is 1. The van der Waals surface area contributed by atoms with Crippen molar-refractivity contribution in [2.75, 3.05) is 0 Å². The lowest BCUT2D eigenvalue weighted by molar-refractivity contribution is -0.152. The highest BCUT2D eigenvalue weighted by atomic mass is 32.2. The first-order valence-electron chi connectivity index (χ1n) is 9.12. The maximum atomic E-state index is 12.7. The minimum absolute atomic E-state index is 0.394. The van der Waals surface area contributed by atoms with Crippen molar-refractivity contribution < 1.29 is 27.8 Å². The molecule has 1 N–H and O–H groups in total. The van der Waals surface area contributed by atoms with Gasteiger partial charge in [0.05, 0.1) is 11.3 Å². The van der Waals surface area contributed by atoms with Crippen LogP contribution in [0.25, 0.3) is 11.4 Å². The Morgan fingerprint density at radius 2 is 1.84 bits per heavy atom. The molecule has 0 saturated heterocycles. The second kappa shape index (κ2) is 8.88. The average Bonchev–Trinajstić information content (AvgIpc) is 3.16. The summed E-state index contributed by atoms with van der Waals surface area (Å²) in [5.41, 5.74) is -0.710. The molecule has 0 aliphatic carbocycles. The van der Waals surface area contributed by atoms with Crippen molar-refractivity contribution in [3.8, 4) is 17.1 Å². The number of thioether (sulfide) groups is 1.